The van der Waals surface area contributed by atoms with Crippen LogP contribution in [0.3, 0.4) is 0 Å². The van der Waals surface area contributed by atoms with E-state index in [1.54, 1.807) is 5.57 Å². The van der Waals surface area contributed by atoms with E-state index in [4.69, 9.17) is 0 Å². The van der Waals surface area contributed by atoms with Crippen molar-refractivity contribution in [3.8, 4) is 0 Å². The maximum Gasteiger partial charge on any atom is 0.0661 e. The molecule has 18 heavy (non-hydrogen) atoms. The largest absolute Gasteiger partial charge is 0.257 e. The third-order valence-electron chi connectivity index (χ3n) is 3.73. The minimum Gasteiger partial charge on any atom is -0.257 e. The third-order valence-corrected chi connectivity index (χ3v) is 3.73. The van der Waals surface area contributed by atoms with Gasteiger partial charge < -0.3 is 0 Å². The van der Waals surface area contributed by atoms with Crippen molar-refractivity contribution >= 4 is 5.57 Å². The van der Waals surface area contributed by atoms with E-state index in [-0.39, 0.29) is 0 Å². The number of aromatic nitrogens is 1. The standard InChI is InChI=1S/C17H25N/c1-17(2,3)12-11-14-8-4-5-9-15(14)16-10-6-7-13-18-16/h6-7,10,13H,4-5,8-9,11-12H2,1-3H3. The van der Waals surface area contributed by atoms with E-state index in [1.807, 2.05) is 12.3 Å². The molecule has 1 aromatic rings. The van der Waals surface area contributed by atoms with Gasteiger partial charge in [-0.3, -0.25) is 4.98 Å². The molecule has 0 fully saturated rings. The number of rotatable bonds is 3. The number of hydrogen-bond donors (Lipinski definition) is 0. The van der Waals surface area contributed by atoms with E-state index >= 15 is 0 Å². The molecule has 0 aliphatic heterocycles. The lowest BCUT2D eigenvalue weighted by atomic mass is 9.82. The second kappa shape index (κ2) is 5.69. The van der Waals surface area contributed by atoms with Crippen molar-refractivity contribution in [2.24, 2.45) is 5.41 Å². The van der Waals surface area contributed by atoms with Gasteiger partial charge in [-0.25, -0.2) is 0 Å². The Morgan fingerprint density at radius 1 is 1.11 bits per heavy atom. The number of nitrogens with zero attached hydrogens (tertiary/aromatic N) is 1. The topological polar surface area (TPSA) is 12.9 Å². The number of allylic oxidation sites excluding steroid dienone is 2. The van der Waals surface area contributed by atoms with Crippen molar-refractivity contribution in [1.82, 2.24) is 4.98 Å². The van der Waals surface area contributed by atoms with Crippen LogP contribution in [0.5, 0.6) is 0 Å². The molecule has 98 valence electrons. The molecule has 0 saturated carbocycles. The molecule has 0 atom stereocenters. The zero-order valence-corrected chi connectivity index (χ0v) is 12.0. The van der Waals surface area contributed by atoms with Crippen molar-refractivity contribution in [1.29, 1.82) is 0 Å². The summed E-state index contributed by atoms with van der Waals surface area (Å²) in [5, 5.41) is 0. The van der Waals surface area contributed by atoms with Gasteiger partial charge in [0.05, 0.1) is 5.69 Å². The Balaban J connectivity index is 2.19. The first kappa shape index (κ1) is 13.3. The maximum atomic E-state index is 4.54. The van der Waals surface area contributed by atoms with Gasteiger partial charge in [0.1, 0.15) is 0 Å². The molecule has 1 nitrogen and oxygen atoms in total. The average Bonchev–Trinajstić information content (AvgIpc) is 2.37. The van der Waals surface area contributed by atoms with Gasteiger partial charge in [0.25, 0.3) is 0 Å². The Hall–Kier alpha value is -1.11. The van der Waals surface area contributed by atoms with Crippen LogP contribution in [0.4, 0.5) is 0 Å². The molecule has 0 radical (unpaired) electrons. The molecule has 0 N–H and O–H groups in total. The highest BCUT2D eigenvalue weighted by molar-refractivity contribution is 5.66. The molecule has 0 saturated heterocycles. The SMILES string of the molecule is CC(C)(C)CCC1=C(c2ccccn2)CCCC1. The fourth-order valence-corrected chi connectivity index (χ4v) is 2.62. The van der Waals surface area contributed by atoms with Gasteiger partial charge in [0, 0.05) is 6.20 Å². The molecular weight excluding hydrogens is 218 g/mol. The Kier molecular flexibility index (Phi) is 4.21. The first-order valence-corrected chi connectivity index (χ1v) is 7.18. The predicted molar refractivity (Wildman–Crippen MR) is 78.3 cm³/mol. The van der Waals surface area contributed by atoms with Gasteiger partial charge >= 0.3 is 0 Å². The van der Waals surface area contributed by atoms with Crippen molar-refractivity contribution < 1.29 is 0 Å². The summed E-state index contributed by atoms with van der Waals surface area (Å²) in [5.74, 6) is 0. The predicted octanol–water partition coefficient (Wildman–Crippen LogP) is 5.24. The van der Waals surface area contributed by atoms with Crippen LogP contribution < -0.4 is 0 Å². The van der Waals surface area contributed by atoms with Crippen LogP contribution >= 0.6 is 0 Å². The summed E-state index contributed by atoms with van der Waals surface area (Å²) < 4.78 is 0. The Labute approximate surface area is 111 Å². The van der Waals surface area contributed by atoms with Gasteiger partial charge in [-0.2, -0.15) is 0 Å². The minimum absolute atomic E-state index is 0.430. The maximum absolute atomic E-state index is 4.54. The van der Waals surface area contributed by atoms with Crippen LogP contribution in [0.1, 0.15) is 65.0 Å². The summed E-state index contributed by atoms with van der Waals surface area (Å²) in [4.78, 5) is 4.54. The lowest BCUT2D eigenvalue weighted by Gasteiger charge is -2.24. The lowest BCUT2D eigenvalue weighted by molar-refractivity contribution is 0.374. The Bertz CT molecular complexity index is 409. The van der Waals surface area contributed by atoms with Gasteiger partial charge in [0.2, 0.25) is 0 Å². The van der Waals surface area contributed by atoms with E-state index in [0.29, 0.717) is 5.41 Å². The number of hydrogen-bond acceptors (Lipinski definition) is 1. The second-order valence-corrected chi connectivity index (χ2v) is 6.56. The molecule has 2 rings (SSSR count). The van der Waals surface area contributed by atoms with Gasteiger partial charge in [-0.1, -0.05) is 32.4 Å². The normalized spacial score (nSPS) is 17.1. The van der Waals surface area contributed by atoms with Crippen LogP contribution in [-0.4, -0.2) is 4.98 Å². The molecule has 0 bridgehead atoms. The third kappa shape index (κ3) is 3.69. The molecule has 1 aromatic heterocycles. The summed E-state index contributed by atoms with van der Waals surface area (Å²) in [5.41, 5.74) is 4.83. The molecule has 1 heteroatoms. The smallest absolute Gasteiger partial charge is 0.0661 e. The quantitative estimate of drug-likeness (QED) is 0.708. The molecule has 1 aliphatic carbocycles. The van der Waals surface area contributed by atoms with E-state index < -0.39 is 0 Å². The summed E-state index contributed by atoms with van der Waals surface area (Å²) in [6.07, 6.45) is 9.62. The van der Waals surface area contributed by atoms with Gasteiger partial charge in [0.15, 0.2) is 0 Å². The van der Waals surface area contributed by atoms with Crippen LogP contribution in [0, 0.1) is 5.41 Å². The van der Waals surface area contributed by atoms with Gasteiger partial charge in [-0.15, -0.1) is 0 Å². The first-order chi connectivity index (χ1) is 8.56. The van der Waals surface area contributed by atoms with Crippen LogP contribution in [0.25, 0.3) is 5.57 Å². The lowest BCUT2D eigenvalue weighted by Crippen LogP contribution is -2.08. The zero-order valence-electron chi connectivity index (χ0n) is 12.0. The summed E-state index contributed by atoms with van der Waals surface area (Å²) >= 11 is 0. The van der Waals surface area contributed by atoms with E-state index in [2.05, 4.69) is 37.9 Å². The molecule has 0 unspecified atom stereocenters. The first-order valence-electron chi connectivity index (χ1n) is 7.18. The summed E-state index contributed by atoms with van der Waals surface area (Å²) in [7, 11) is 0. The molecule has 0 spiro atoms. The fourth-order valence-electron chi connectivity index (χ4n) is 2.62. The molecule has 0 amide bonds. The van der Waals surface area contributed by atoms with Crippen molar-refractivity contribution in [2.45, 2.75) is 59.3 Å². The number of pyridine rings is 1. The molecule has 1 heterocycles. The fraction of sp³-hybridized carbons (Fsp3) is 0.588. The zero-order chi connectivity index (χ0) is 13.0. The highest BCUT2D eigenvalue weighted by Crippen LogP contribution is 2.35. The Morgan fingerprint density at radius 2 is 1.89 bits per heavy atom. The molecule has 1 aliphatic rings. The summed E-state index contributed by atoms with van der Waals surface area (Å²) in [6, 6.07) is 6.27. The van der Waals surface area contributed by atoms with Crippen molar-refractivity contribution in [3.63, 3.8) is 0 Å². The van der Waals surface area contributed by atoms with Crippen molar-refractivity contribution in [2.75, 3.05) is 0 Å². The molecule has 0 aromatic carbocycles. The average molecular weight is 243 g/mol. The van der Waals surface area contributed by atoms with Crippen molar-refractivity contribution in [3.05, 3.63) is 35.7 Å². The second-order valence-electron chi connectivity index (χ2n) is 6.56. The monoisotopic (exact) mass is 243 g/mol. The van der Waals surface area contributed by atoms with E-state index in [0.717, 1.165) is 0 Å². The molecular formula is C17H25N. The van der Waals surface area contributed by atoms with Crippen LogP contribution in [0.15, 0.2) is 30.0 Å². The van der Waals surface area contributed by atoms with E-state index in [9.17, 15) is 0 Å². The Morgan fingerprint density at radius 3 is 2.56 bits per heavy atom. The van der Waals surface area contributed by atoms with Crippen LogP contribution in [0.2, 0.25) is 0 Å². The van der Waals surface area contributed by atoms with Gasteiger partial charge in [-0.05, 0) is 61.6 Å². The highest BCUT2D eigenvalue weighted by atomic mass is 14.7. The van der Waals surface area contributed by atoms with E-state index in [1.165, 1.54) is 49.8 Å². The minimum atomic E-state index is 0.430. The summed E-state index contributed by atoms with van der Waals surface area (Å²) in [6.45, 7) is 6.99. The van der Waals surface area contributed by atoms with Crippen LogP contribution in [-0.2, 0) is 0 Å². The highest BCUT2D eigenvalue weighted by Gasteiger charge is 2.17.